The molecule has 0 aromatic carbocycles. The Labute approximate surface area is 213 Å². The van der Waals surface area contributed by atoms with E-state index >= 15 is 0 Å². The Morgan fingerprint density at radius 2 is 1.95 bits per heavy atom. The molecule has 0 radical (unpaired) electrons. The third-order valence-electron chi connectivity index (χ3n) is 8.14. The molecule has 0 unspecified atom stereocenters. The summed E-state index contributed by atoms with van der Waals surface area (Å²) in [6.45, 7) is 0.578. The molecule has 37 heavy (non-hydrogen) atoms. The van der Waals surface area contributed by atoms with Crippen LogP contribution in [0, 0.1) is 22.7 Å². The number of aryl methyl sites for hydroxylation is 1. The Hall–Kier alpha value is -4.28. The van der Waals surface area contributed by atoms with E-state index in [-0.39, 0.29) is 23.7 Å². The number of aromatic nitrogens is 3. The van der Waals surface area contributed by atoms with Crippen molar-refractivity contribution in [2.45, 2.75) is 49.7 Å². The Balaban J connectivity index is 1.19. The predicted molar refractivity (Wildman–Crippen MR) is 134 cm³/mol. The van der Waals surface area contributed by atoms with E-state index < -0.39 is 0 Å². The number of nitrogens with one attached hydrogen (secondary N) is 1. The average Bonchev–Trinajstić information content (AvgIpc) is 2.95. The van der Waals surface area contributed by atoms with Crippen LogP contribution in [-0.2, 0) is 16.0 Å². The van der Waals surface area contributed by atoms with Crippen LogP contribution in [0.1, 0.15) is 48.9 Å². The number of ether oxygens (including phenoxy) is 2. The zero-order valence-corrected chi connectivity index (χ0v) is 20.5. The standard InChI is InChI=1S/C27H25N7O3/c1-34(22-5-4-21-25(32-22)33-23(35)15-36-21)26-8-10-27(11-9-26,37-16-26)7-6-19-17(12-28)14-30-20-3-2-18(13-29)31-24(19)20/h2-5,14H,6-11,15-16H2,1H3,(H,32,33,35). The monoisotopic (exact) mass is 495 g/mol. The molecule has 10 heteroatoms. The van der Waals surface area contributed by atoms with Crippen LogP contribution in [0.5, 0.6) is 5.75 Å². The van der Waals surface area contributed by atoms with Crippen LogP contribution in [0.4, 0.5) is 11.6 Å². The number of hydrogen-bond acceptors (Lipinski definition) is 9. The molecule has 2 bridgehead atoms. The fourth-order valence-corrected chi connectivity index (χ4v) is 5.77. The molecular formula is C27H25N7O3. The van der Waals surface area contributed by atoms with Crippen LogP contribution in [-0.4, -0.2) is 52.3 Å². The predicted octanol–water partition coefficient (Wildman–Crippen LogP) is 3.25. The first-order valence-electron chi connectivity index (χ1n) is 12.3. The highest BCUT2D eigenvalue weighted by Gasteiger charge is 2.51. The average molecular weight is 496 g/mol. The SMILES string of the molecule is CN(c1ccc2c(n1)NC(=O)CO2)C12CCC(CCc3c(C#N)cnc4ccc(C#N)nc34)(CC1)OC2. The van der Waals surface area contributed by atoms with Gasteiger partial charge in [-0.2, -0.15) is 10.5 Å². The zero-order valence-electron chi connectivity index (χ0n) is 20.5. The topological polar surface area (TPSA) is 137 Å². The smallest absolute Gasteiger partial charge is 0.263 e. The second-order valence-electron chi connectivity index (χ2n) is 10.0. The molecule has 7 rings (SSSR count). The fourth-order valence-electron chi connectivity index (χ4n) is 5.77. The van der Waals surface area contributed by atoms with Crippen molar-refractivity contribution in [3.05, 3.63) is 47.3 Å². The second-order valence-corrected chi connectivity index (χ2v) is 10.0. The minimum absolute atomic E-state index is 0.00439. The number of nitrogens with zero attached hydrogens (tertiary/aromatic N) is 6. The van der Waals surface area contributed by atoms with E-state index in [0.29, 0.717) is 46.9 Å². The van der Waals surface area contributed by atoms with Crippen molar-refractivity contribution < 1.29 is 14.3 Å². The summed E-state index contributed by atoms with van der Waals surface area (Å²) >= 11 is 0. The molecule has 3 fully saturated rings. The van der Waals surface area contributed by atoms with Gasteiger partial charge in [0.15, 0.2) is 18.2 Å². The lowest BCUT2D eigenvalue weighted by Gasteiger charge is -2.57. The number of likely N-dealkylation sites (N-methyl/N-ethyl adjacent to an activating group) is 1. The minimum atomic E-state index is -0.261. The van der Waals surface area contributed by atoms with Gasteiger partial charge in [-0.05, 0) is 68.4 Å². The molecule has 3 aromatic heterocycles. The summed E-state index contributed by atoms with van der Waals surface area (Å²) in [6, 6.07) is 11.5. The number of carbonyl (C=O) groups is 1. The van der Waals surface area contributed by atoms with E-state index in [2.05, 4.69) is 37.3 Å². The number of nitriles is 2. The van der Waals surface area contributed by atoms with Gasteiger partial charge in [0.05, 0.1) is 34.3 Å². The van der Waals surface area contributed by atoms with Crippen molar-refractivity contribution in [1.29, 1.82) is 10.5 Å². The minimum Gasteiger partial charge on any atom is -0.480 e. The molecule has 10 nitrogen and oxygen atoms in total. The molecule has 186 valence electrons. The van der Waals surface area contributed by atoms with E-state index in [0.717, 1.165) is 43.5 Å². The first kappa shape index (κ1) is 23.1. The largest absolute Gasteiger partial charge is 0.480 e. The van der Waals surface area contributed by atoms with Gasteiger partial charge in [0, 0.05) is 13.2 Å². The Kier molecular flexibility index (Phi) is 5.43. The lowest BCUT2D eigenvalue weighted by atomic mass is 9.68. The van der Waals surface area contributed by atoms with Crippen LogP contribution in [0.3, 0.4) is 0 Å². The number of anilines is 2. The number of amides is 1. The molecule has 1 saturated carbocycles. The van der Waals surface area contributed by atoms with Gasteiger partial charge < -0.3 is 19.7 Å². The van der Waals surface area contributed by atoms with Gasteiger partial charge >= 0.3 is 0 Å². The molecule has 2 saturated heterocycles. The van der Waals surface area contributed by atoms with Crippen molar-refractivity contribution in [1.82, 2.24) is 15.0 Å². The fraction of sp³-hybridized carbons (Fsp3) is 0.407. The van der Waals surface area contributed by atoms with Crippen LogP contribution in [0.25, 0.3) is 11.0 Å². The number of carbonyl (C=O) groups excluding carboxylic acids is 1. The quantitative estimate of drug-likeness (QED) is 0.565. The van der Waals surface area contributed by atoms with Gasteiger partial charge in [0.2, 0.25) is 0 Å². The number of fused-ring (bicyclic) bond motifs is 5. The number of pyridine rings is 3. The highest BCUT2D eigenvalue weighted by atomic mass is 16.5. The Morgan fingerprint density at radius 1 is 1.11 bits per heavy atom. The van der Waals surface area contributed by atoms with Crippen LogP contribution < -0.4 is 15.0 Å². The molecule has 6 heterocycles. The van der Waals surface area contributed by atoms with E-state index in [1.54, 1.807) is 18.3 Å². The van der Waals surface area contributed by atoms with Crippen molar-refractivity contribution in [3.63, 3.8) is 0 Å². The van der Waals surface area contributed by atoms with E-state index in [1.807, 2.05) is 19.2 Å². The molecule has 0 spiro atoms. The van der Waals surface area contributed by atoms with Crippen LogP contribution >= 0.6 is 0 Å². The van der Waals surface area contributed by atoms with Gasteiger partial charge in [-0.15, -0.1) is 0 Å². The molecule has 1 N–H and O–H groups in total. The summed E-state index contributed by atoms with van der Waals surface area (Å²) in [5.74, 6) is 1.59. The molecule has 1 aliphatic carbocycles. The summed E-state index contributed by atoms with van der Waals surface area (Å²) in [7, 11) is 2.03. The number of hydrogen-bond donors (Lipinski definition) is 1. The third kappa shape index (κ3) is 3.90. The van der Waals surface area contributed by atoms with E-state index in [9.17, 15) is 15.3 Å². The van der Waals surface area contributed by atoms with Crippen molar-refractivity contribution in [3.8, 4) is 17.9 Å². The lowest BCUT2D eigenvalue weighted by Crippen LogP contribution is -2.62. The summed E-state index contributed by atoms with van der Waals surface area (Å²) in [6.07, 6.45) is 6.66. The third-order valence-corrected chi connectivity index (χ3v) is 8.14. The maximum atomic E-state index is 11.7. The highest BCUT2D eigenvalue weighted by Crippen LogP contribution is 2.49. The highest BCUT2D eigenvalue weighted by molar-refractivity contribution is 5.94. The Bertz CT molecular complexity index is 1480. The molecular weight excluding hydrogens is 470 g/mol. The van der Waals surface area contributed by atoms with Crippen LogP contribution in [0.2, 0.25) is 0 Å². The zero-order chi connectivity index (χ0) is 25.6. The summed E-state index contributed by atoms with van der Waals surface area (Å²) in [5, 5.41) is 21.8. The van der Waals surface area contributed by atoms with Gasteiger partial charge in [-0.1, -0.05) is 0 Å². The summed E-state index contributed by atoms with van der Waals surface area (Å²) < 4.78 is 12.0. The molecule has 3 aliphatic heterocycles. The van der Waals surface area contributed by atoms with Crippen molar-refractivity contribution in [2.24, 2.45) is 0 Å². The lowest BCUT2D eigenvalue weighted by molar-refractivity contribution is -0.156. The van der Waals surface area contributed by atoms with Gasteiger partial charge in [0.25, 0.3) is 5.91 Å². The number of rotatable bonds is 5. The van der Waals surface area contributed by atoms with E-state index in [1.165, 1.54) is 0 Å². The molecule has 1 amide bonds. The van der Waals surface area contributed by atoms with E-state index in [4.69, 9.17) is 9.47 Å². The maximum absolute atomic E-state index is 11.7. The van der Waals surface area contributed by atoms with Gasteiger partial charge in [-0.25, -0.2) is 9.97 Å². The normalized spacial score (nSPS) is 23.9. The van der Waals surface area contributed by atoms with Gasteiger partial charge in [0.1, 0.15) is 23.7 Å². The van der Waals surface area contributed by atoms with Gasteiger partial charge in [-0.3, -0.25) is 9.78 Å². The Morgan fingerprint density at radius 3 is 2.68 bits per heavy atom. The molecule has 0 atom stereocenters. The molecule has 4 aliphatic rings. The first-order chi connectivity index (χ1) is 17.9. The van der Waals surface area contributed by atoms with Crippen molar-refractivity contribution >= 4 is 28.6 Å². The second kappa shape index (κ2) is 8.68. The van der Waals surface area contributed by atoms with Crippen LogP contribution in [0.15, 0.2) is 30.5 Å². The van der Waals surface area contributed by atoms with Crippen molar-refractivity contribution in [2.75, 3.05) is 30.5 Å². The first-order valence-corrected chi connectivity index (χ1v) is 12.3. The maximum Gasteiger partial charge on any atom is 0.263 e. The summed E-state index contributed by atoms with van der Waals surface area (Å²) in [5.41, 5.74) is 2.48. The molecule has 3 aromatic rings. The summed E-state index contributed by atoms with van der Waals surface area (Å²) in [4.78, 5) is 27.4.